The zero-order chi connectivity index (χ0) is 13.0. The molecule has 0 unspecified atom stereocenters. The third-order valence-electron chi connectivity index (χ3n) is 3.15. The summed E-state index contributed by atoms with van der Waals surface area (Å²) in [7, 11) is 0. The Morgan fingerprint density at radius 1 is 1.05 bits per heavy atom. The van der Waals surface area contributed by atoms with E-state index < -0.39 is 0 Å². The molecule has 0 spiro atoms. The van der Waals surface area contributed by atoms with Gasteiger partial charge in [0, 0.05) is 14.6 Å². The van der Waals surface area contributed by atoms with Crippen LogP contribution in [-0.4, -0.2) is 0 Å². The quantitative estimate of drug-likeness (QED) is 0.458. The lowest BCUT2D eigenvalue weighted by Gasteiger charge is -1.97. The fraction of sp³-hybridized carbons (Fsp3) is 0. The molecule has 2 aromatic carbocycles. The van der Waals surface area contributed by atoms with Crippen LogP contribution in [-0.2, 0) is 0 Å². The summed E-state index contributed by atoms with van der Waals surface area (Å²) in [6.45, 7) is 0. The molecule has 4 aromatic rings. The maximum atomic E-state index is 12.5. The van der Waals surface area contributed by atoms with E-state index in [1.54, 1.807) is 6.07 Å². The molecule has 4 rings (SSSR count). The number of thiophene rings is 1. The van der Waals surface area contributed by atoms with Crippen molar-refractivity contribution >= 4 is 58.6 Å². The van der Waals surface area contributed by atoms with Crippen molar-refractivity contribution in [1.82, 2.24) is 0 Å². The van der Waals surface area contributed by atoms with Crippen LogP contribution in [0.5, 0.6) is 0 Å². The van der Waals surface area contributed by atoms with Gasteiger partial charge in [-0.15, -0.1) is 11.3 Å². The van der Waals surface area contributed by atoms with Crippen molar-refractivity contribution in [3.05, 3.63) is 57.2 Å². The molecule has 0 aliphatic heterocycles. The predicted octanol–water partition coefficient (Wildman–Crippen LogP) is 4.92. The zero-order valence-corrected chi connectivity index (χ0v) is 12.0. The summed E-state index contributed by atoms with van der Waals surface area (Å²) in [5, 5.41) is 1.62. The highest BCUT2D eigenvalue weighted by Crippen LogP contribution is 2.35. The van der Waals surface area contributed by atoms with E-state index in [0.29, 0.717) is 21.3 Å². The van der Waals surface area contributed by atoms with Gasteiger partial charge >= 0.3 is 0 Å². The van der Waals surface area contributed by atoms with E-state index >= 15 is 0 Å². The summed E-state index contributed by atoms with van der Waals surface area (Å²) >= 11 is 4.94. The molecule has 4 heteroatoms. The first-order valence-electron chi connectivity index (χ1n) is 5.77. The molecule has 19 heavy (non-hydrogen) atoms. The maximum absolute atomic E-state index is 12.5. The smallest absolute Gasteiger partial charge is 0.210 e. The van der Waals surface area contributed by atoms with Crippen LogP contribution in [0.4, 0.5) is 0 Å². The molecular formula is C15H7BrO2S. The van der Waals surface area contributed by atoms with Gasteiger partial charge in [0.05, 0.1) is 5.39 Å². The Balaban J connectivity index is 2.34. The summed E-state index contributed by atoms with van der Waals surface area (Å²) in [5.74, 6) is 0. The Bertz CT molecular complexity index is 997. The lowest BCUT2D eigenvalue weighted by Crippen LogP contribution is -1.98. The van der Waals surface area contributed by atoms with E-state index in [4.69, 9.17) is 4.42 Å². The number of fused-ring (bicyclic) bond motifs is 4. The Hall–Kier alpha value is -1.65. The first-order chi connectivity index (χ1) is 9.24. The SMILES string of the molecule is O=c1c2ccccc2oc2c1sc1ccc(Br)cc12. The monoisotopic (exact) mass is 330 g/mol. The second-order valence-corrected chi connectivity index (χ2v) is 6.30. The zero-order valence-electron chi connectivity index (χ0n) is 9.64. The molecule has 0 atom stereocenters. The molecule has 92 valence electrons. The molecule has 0 saturated carbocycles. The third kappa shape index (κ3) is 1.57. The minimum atomic E-state index is 0.0502. The fourth-order valence-corrected chi connectivity index (χ4v) is 3.70. The van der Waals surface area contributed by atoms with Gasteiger partial charge in [-0.05, 0) is 30.3 Å². The number of halogens is 1. The molecule has 0 radical (unpaired) electrons. The molecule has 0 fully saturated rings. The van der Waals surface area contributed by atoms with Crippen LogP contribution in [0.1, 0.15) is 0 Å². The van der Waals surface area contributed by atoms with E-state index in [1.807, 2.05) is 36.4 Å². The molecule has 2 heterocycles. The number of rotatable bonds is 0. The van der Waals surface area contributed by atoms with Gasteiger partial charge in [-0.2, -0.15) is 0 Å². The molecule has 0 aliphatic rings. The van der Waals surface area contributed by atoms with E-state index in [0.717, 1.165) is 14.6 Å². The van der Waals surface area contributed by atoms with Gasteiger partial charge in [-0.3, -0.25) is 4.79 Å². The molecule has 0 amide bonds. The topological polar surface area (TPSA) is 30.2 Å². The maximum Gasteiger partial charge on any atom is 0.210 e. The predicted molar refractivity (Wildman–Crippen MR) is 83.1 cm³/mol. The second-order valence-electron chi connectivity index (χ2n) is 4.33. The van der Waals surface area contributed by atoms with E-state index in [2.05, 4.69) is 15.9 Å². The first kappa shape index (κ1) is 11.2. The van der Waals surface area contributed by atoms with E-state index in [-0.39, 0.29) is 5.43 Å². The lowest BCUT2D eigenvalue weighted by atomic mass is 10.2. The van der Waals surface area contributed by atoms with Crippen molar-refractivity contribution in [3.8, 4) is 0 Å². The van der Waals surface area contributed by atoms with Crippen LogP contribution in [0, 0.1) is 0 Å². The van der Waals surface area contributed by atoms with Crippen LogP contribution in [0.25, 0.3) is 31.3 Å². The number of hydrogen-bond donors (Lipinski definition) is 0. The molecule has 2 aromatic heterocycles. The lowest BCUT2D eigenvalue weighted by molar-refractivity contribution is 0.665. The van der Waals surface area contributed by atoms with Crippen LogP contribution in [0.15, 0.2) is 56.1 Å². The van der Waals surface area contributed by atoms with Crippen molar-refractivity contribution < 1.29 is 4.42 Å². The summed E-state index contributed by atoms with van der Waals surface area (Å²) < 4.78 is 8.66. The van der Waals surface area contributed by atoms with Crippen molar-refractivity contribution in [2.45, 2.75) is 0 Å². The van der Waals surface area contributed by atoms with Crippen molar-refractivity contribution in [3.63, 3.8) is 0 Å². The van der Waals surface area contributed by atoms with Gasteiger partial charge in [0.2, 0.25) is 5.43 Å². The normalized spacial score (nSPS) is 11.6. The van der Waals surface area contributed by atoms with Crippen molar-refractivity contribution in [1.29, 1.82) is 0 Å². The molecule has 0 saturated heterocycles. The molecule has 0 aliphatic carbocycles. The largest absolute Gasteiger partial charge is 0.454 e. The number of benzene rings is 2. The number of para-hydroxylation sites is 1. The summed E-state index contributed by atoms with van der Waals surface area (Å²) in [5.41, 5.74) is 1.37. The summed E-state index contributed by atoms with van der Waals surface area (Å²) in [6, 6.07) is 13.3. The Morgan fingerprint density at radius 2 is 1.89 bits per heavy atom. The highest BCUT2D eigenvalue weighted by atomic mass is 79.9. The molecule has 0 bridgehead atoms. The van der Waals surface area contributed by atoms with E-state index in [1.165, 1.54) is 11.3 Å². The highest BCUT2D eigenvalue weighted by Gasteiger charge is 2.13. The Morgan fingerprint density at radius 3 is 2.79 bits per heavy atom. The minimum Gasteiger partial charge on any atom is -0.454 e. The van der Waals surface area contributed by atoms with Crippen LogP contribution in [0.3, 0.4) is 0 Å². The van der Waals surface area contributed by atoms with Crippen molar-refractivity contribution in [2.75, 3.05) is 0 Å². The summed E-state index contributed by atoms with van der Waals surface area (Å²) in [6.07, 6.45) is 0. The van der Waals surface area contributed by atoms with Gasteiger partial charge in [0.1, 0.15) is 10.3 Å². The number of hydrogen-bond acceptors (Lipinski definition) is 3. The Labute approximate surface area is 120 Å². The van der Waals surface area contributed by atoms with Gasteiger partial charge in [-0.1, -0.05) is 28.1 Å². The highest BCUT2D eigenvalue weighted by molar-refractivity contribution is 9.10. The summed E-state index contributed by atoms with van der Waals surface area (Å²) in [4.78, 5) is 12.5. The van der Waals surface area contributed by atoms with Gasteiger partial charge in [0.25, 0.3) is 0 Å². The molecular weight excluding hydrogens is 324 g/mol. The van der Waals surface area contributed by atoms with Crippen LogP contribution < -0.4 is 5.43 Å². The van der Waals surface area contributed by atoms with Gasteiger partial charge in [0.15, 0.2) is 5.58 Å². The standard InChI is InChI=1S/C15H7BrO2S/c16-8-5-6-12-10(7-8)14-15(19-12)13(17)9-3-1-2-4-11(9)18-14/h1-7H. The average Bonchev–Trinajstić information content (AvgIpc) is 2.78. The fourth-order valence-electron chi connectivity index (χ4n) is 2.27. The average molecular weight is 331 g/mol. The van der Waals surface area contributed by atoms with Crippen LogP contribution >= 0.6 is 27.3 Å². The van der Waals surface area contributed by atoms with Gasteiger partial charge < -0.3 is 4.42 Å². The third-order valence-corrected chi connectivity index (χ3v) is 4.80. The minimum absolute atomic E-state index is 0.0502. The van der Waals surface area contributed by atoms with Gasteiger partial charge in [-0.25, -0.2) is 0 Å². The Kier molecular flexibility index (Phi) is 2.31. The molecule has 2 nitrogen and oxygen atoms in total. The molecule has 0 N–H and O–H groups in total. The van der Waals surface area contributed by atoms with Crippen LogP contribution in [0.2, 0.25) is 0 Å². The first-order valence-corrected chi connectivity index (χ1v) is 7.38. The van der Waals surface area contributed by atoms with E-state index in [9.17, 15) is 4.79 Å². The second kappa shape index (κ2) is 3.92. The van der Waals surface area contributed by atoms with Crippen molar-refractivity contribution in [2.24, 2.45) is 0 Å².